The van der Waals surface area contributed by atoms with E-state index in [1.54, 1.807) is 0 Å². The monoisotopic (exact) mass is 486 g/mol. The minimum absolute atomic E-state index is 0.0920. The van der Waals surface area contributed by atoms with E-state index in [4.69, 9.17) is 16.0 Å². The number of alkyl halides is 3. The van der Waals surface area contributed by atoms with E-state index in [0.29, 0.717) is 6.07 Å². The minimum Gasteiger partial charge on any atom is -0.407 e. The summed E-state index contributed by atoms with van der Waals surface area (Å²) < 4.78 is 44.7. The molecule has 0 aliphatic heterocycles. The van der Waals surface area contributed by atoms with Gasteiger partial charge in [0.1, 0.15) is 6.54 Å². The third-order valence-corrected chi connectivity index (χ3v) is 4.85. The van der Waals surface area contributed by atoms with Crippen LogP contribution in [0.3, 0.4) is 0 Å². The van der Waals surface area contributed by atoms with E-state index in [0.717, 1.165) is 27.7 Å². The van der Waals surface area contributed by atoms with Crippen LogP contribution < -0.4 is 11.1 Å². The highest BCUT2D eigenvalue weighted by atomic mass is 35.5. The number of aromatic nitrogens is 1. The zero-order valence-corrected chi connectivity index (χ0v) is 17.4. The van der Waals surface area contributed by atoms with Gasteiger partial charge >= 0.3 is 11.9 Å². The number of hydrogen-bond donors (Lipinski definition) is 1. The zero-order chi connectivity index (χ0) is 24.5. The average Bonchev–Trinajstić information content (AvgIpc) is 3.02. The van der Waals surface area contributed by atoms with Crippen molar-refractivity contribution >= 4 is 45.9 Å². The molecular weight excluding hydrogens is 473 g/mol. The summed E-state index contributed by atoms with van der Waals surface area (Å²) >= 11 is 5.53. The van der Waals surface area contributed by atoms with Gasteiger partial charge in [-0.1, -0.05) is 11.6 Å². The molecule has 3 aromatic rings. The van der Waals surface area contributed by atoms with E-state index >= 15 is 0 Å². The van der Waals surface area contributed by atoms with Crippen molar-refractivity contribution in [1.82, 2.24) is 9.47 Å². The lowest BCUT2D eigenvalue weighted by Crippen LogP contribution is -2.38. The van der Waals surface area contributed by atoms with Crippen LogP contribution in [0.2, 0.25) is 5.02 Å². The Balaban J connectivity index is 1.69. The third-order valence-electron chi connectivity index (χ3n) is 4.52. The summed E-state index contributed by atoms with van der Waals surface area (Å²) in [4.78, 5) is 47.8. The standard InChI is InChI=1S/C19H14ClF3N4O6/c1-25(8-16(28)24-10-2-4-13(20)12(6-10)19(21,22)23)17(29)9-26-14-5-3-11(27(31)32)7-15(14)33-18(26)30/h2-7H,8-9H2,1H3,(H,24,28). The van der Waals surface area contributed by atoms with Gasteiger partial charge in [-0.2, -0.15) is 13.2 Å². The van der Waals surface area contributed by atoms with Crippen LogP contribution in [0.4, 0.5) is 24.5 Å². The molecule has 2 aromatic carbocycles. The van der Waals surface area contributed by atoms with Crippen LogP contribution >= 0.6 is 11.6 Å². The lowest BCUT2D eigenvalue weighted by molar-refractivity contribution is -0.384. The van der Waals surface area contributed by atoms with Crippen LogP contribution in [0.15, 0.2) is 45.6 Å². The maximum Gasteiger partial charge on any atom is 0.420 e. The van der Waals surface area contributed by atoms with Gasteiger partial charge in [0.2, 0.25) is 11.8 Å². The predicted octanol–water partition coefficient (Wildman–Crippen LogP) is 3.27. The van der Waals surface area contributed by atoms with Gasteiger partial charge in [0.15, 0.2) is 5.58 Å². The quantitative estimate of drug-likeness (QED) is 0.421. The van der Waals surface area contributed by atoms with E-state index in [-0.39, 0.29) is 22.5 Å². The fraction of sp³-hybridized carbons (Fsp3) is 0.211. The Labute approximate surface area is 187 Å². The van der Waals surface area contributed by atoms with Crippen LogP contribution in [-0.4, -0.2) is 39.8 Å². The van der Waals surface area contributed by atoms with Gasteiger partial charge in [0, 0.05) is 18.8 Å². The Morgan fingerprint density at radius 2 is 1.94 bits per heavy atom. The van der Waals surface area contributed by atoms with Crippen molar-refractivity contribution in [2.45, 2.75) is 12.7 Å². The second-order valence-corrected chi connectivity index (χ2v) is 7.26. The zero-order valence-electron chi connectivity index (χ0n) is 16.7. The van der Waals surface area contributed by atoms with Crippen molar-refractivity contribution in [3.05, 3.63) is 67.6 Å². The highest BCUT2D eigenvalue weighted by Gasteiger charge is 2.33. The molecule has 10 nitrogen and oxygen atoms in total. The van der Waals surface area contributed by atoms with Crippen molar-refractivity contribution in [1.29, 1.82) is 0 Å². The van der Waals surface area contributed by atoms with Gasteiger partial charge in [-0.05, 0) is 24.3 Å². The smallest absolute Gasteiger partial charge is 0.407 e. The van der Waals surface area contributed by atoms with Crippen molar-refractivity contribution in [2.75, 3.05) is 18.9 Å². The number of non-ortho nitro benzene ring substituents is 1. The average molecular weight is 487 g/mol. The van der Waals surface area contributed by atoms with Crippen molar-refractivity contribution in [3.8, 4) is 0 Å². The van der Waals surface area contributed by atoms with E-state index in [9.17, 15) is 37.7 Å². The summed E-state index contributed by atoms with van der Waals surface area (Å²) in [5, 5.41) is 12.5. The molecule has 3 rings (SSSR count). The molecule has 0 radical (unpaired) electrons. The number of benzene rings is 2. The molecule has 0 unspecified atom stereocenters. The molecule has 0 saturated carbocycles. The normalized spacial score (nSPS) is 11.4. The van der Waals surface area contributed by atoms with Gasteiger partial charge in [-0.3, -0.25) is 24.3 Å². The lowest BCUT2D eigenvalue weighted by atomic mass is 10.2. The molecule has 0 aliphatic rings. The maximum atomic E-state index is 12.9. The Morgan fingerprint density at radius 1 is 1.24 bits per heavy atom. The van der Waals surface area contributed by atoms with E-state index < -0.39 is 52.3 Å². The lowest BCUT2D eigenvalue weighted by Gasteiger charge is -2.17. The van der Waals surface area contributed by atoms with Crippen LogP contribution in [-0.2, 0) is 22.3 Å². The number of nitro benzene ring substituents is 1. The molecule has 0 atom stereocenters. The first-order valence-corrected chi connectivity index (χ1v) is 9.43. The number of anilines is 1. The number of likely N-dealkylation sites (N-methyl/N-ethyl adjacent to an activating group) is 1. The van der Waals surface area contributed by atoms with E-state index in [1.807, 2.05) is 0 Å². The van der Waals surface area contributed by atoms with Gasteiger partial charge in [0.05, 0.1) is 33.6 Å². The van der Waals surface area contributed by atoms with Crippen molar-refractivity contribution in [3.63, 3.8) is 0 Å². The predicted molar refractivity (Wildman–Crippen MR) is 110 cm³/mol. The molecule has 2 amide bonds. The first kappa shape index (κ1) is 23.8. The molecular formula is C19H14ClF3N4O6. The molecule has 0 saturated heterocycles. The SMILES string of the molecule is CN(CC(=O)Nc1ccc(Cl)c(C(F)(F)F)c1)C(=O)Cn1c(=O)oc2cc([N+](=O)[O-])ccc21. The fourth-order valence-corrected chi connectivity index (χ4v) is 3.12. The summed E-state index contributed by atoms with van der Waals surface area (Å²) in [6.45, 7) is -1.06. The third kappa shape index (κ3) is 5.31. The molecule has 174 valence electrons. The molecule has 0 spiro atoms. The number of nitrogens with one attached hydrogen (secondary N) is 1. The molecule has 0 aliphatic carbocycles. The summed E-state index contributed by atoms with van der Waals surface area (Å²) in [5.41, 5.74) is -1.56. The first-order chi connectivity index (χ1) is 15.4. The minimum atomic E-state index is -4.72. The second-order valence-electron chi connectivity index (χ2n) is 6.85. The fourth-order valence-electron chi connectivity index (χ4n) is 2.90. The second kappa shape index (κ2) is 8.94. The van der Waals surface area contributed by atoms with E-state index in [1.165, 1.54) is 19.2 Å². The number of rotatable bonds is 6. The van der Waals surface area contributed by atoms with Crippen LogP contribution in [0.25, 0.3) is 11.1 Å². The van der Waals surface area contributed by atoms with Crippen LogP contribution in [0.5, 0.6) is 0 Å². The molecule has 14 heteroatoms. The molecule has 1 N–H and O–H groups in total. The number of fused-ring (bicyclic) bond motifs is 1. The number of amides is 2. The first-order valence-electron chi connectivity index (χ1n) is 9.05. The van der Waals surface area contributed by atoms with E-state index in [2.05, 4.69) is 5.32 Å². The molecule has 0 bridgehead atoms. The number of carbonyl (C=O) groups is 2. The maximum absolute atomic E-state index is 12.9. The van der Waals surface area contributed by atoms with Crippen LogP contribution in [0, 0.1) is 10.1 Å². The van der Waals surface area contributed by atoms with Crippen molar-refractivity contribution in [2.24, 2.45) is 0 Å². The number of halogens is 4. The van der Waals surface area contributed by atoms with Gasteiger partial charge < -0.3 is 14.6 Å². The largest absolute Gasteiger partial charge is 0.420 e. The molecule has 0 fully saturated rings. The Bertz CT molecular complexity index is 1320. The number of oxazole rings is 1. The highest BCUT2D eigenvalue weighted by Crippen LogP contribution is 2.36. The topological polar surface area (TPSA) is 128 Å². The highest BCUT2D eigenvalue weighted by molar-refractivity contribution is 6.31. The number of nitro groups is 1. The molecule has 33 heavy (non-hydrogen) atoms. The Morgan fingerprint density at radius 3 is 2.58 bits per heavy atom. The molecule has 1 heterocycles. The number of carbonyl (C=O) groups excluding carboxylic acids is 2. The van der Waals surface area contributed by atoms with Crippen molar-refractivity contribution < 1.29 is 32.1 Å². The summed E-state index contributed by atoms with van der Waals surface area (Å²) in [5.74, 6) is -2.42. The van der Waals surface area contributed by atoms with Gasteiger partial charge in [-0.25, -0.2) is 4.79 Å². The number of hydrogen-bond acceptors (Lipinski definition) is 6. The van der Waals surface area contributed by atoms with Gasteiger partial charge in [0.25, 0.3) is 5.69 Å². The van der Waals surface area contributed by atoms with Gasteiger partial charge in [-0.15, -0.1) is 0 Å². The Hall–Kier alpha value is -3.87. The molecule has 1 aromatic heterocycles. The number of nitrogens with zero attached hydrogens (tertiary/aromatic N) is 3. The summed E-state index contributed by atoms with van der Waals surface area (Å²) in [6.07, 6.45) is -4.72. The summed E-state index contributed by atoms with van der Waals surface area (Å²) in [7, 11) is 1.25. The summed E-state index contributed by atoms with van der Waals surface area (Å²) in [6, 6.07) is 6.24. The van der Waals surface area contributed by atoms with Crippen LogP contribution in [0.1, 0.15) is 5.56 Å². The Kier molecular flexibility index (Phi) is 6.44.